The summed E-state index contributed by atoms with van der Waals surface area (Å²) < 4.78 is 4.76. The van der Waals surface area contributed by atoms with E-state index in [9.17, 15) is 9.59 Å². The predicted molar refractivity (Wildman–Crippen MR) is 121 cm³/mol. The average Bonchev–Trinajstić information content (AvgIpc) is 3.73. The van der Waals surface area contributed by atoms with Gasteiger partial charge in [-0.05, 0) is 42.5 Å². The first kappa shape index (κ1) is 21.3. The molecule has 0 unspecified atom stereocenters. The zero-order valence-electron chi connectivity index (χ0n) is 18.0. The number of carbonyl (C=O) groups is 2. The molecule has 0 spiro atoms. The van der Waals surface area contributed by atoms with Gasteiger partial charge in [0.2, 0.25) is 5.91 Å². The summed E-state index contributed by atoms with van der Waals surface area (Å²) in [6, 6.07) is 18.2. The monoisotopic (exact) mass is 418 g/mol. The van der Waals surface area contributed by atoms with Crippen LogP contribution in [0, 0.1) is 0 Å². The van der Waals surface area contributed by atoms with Crippen LogP contribution in [-0.4, -0.2) is 42.0 Å². The average molecular weight is 419 g/mol. The standard InChI is InChI=1S/C26H30N2O3/c1-3-7-24(29)28(23-16-22(23)20-8-5-4-6-9-20)18-26(14-15-26)27-17-19-10-12-21(13-11-19)25(30)31-2/h3-6,8-13,22-23,27H,1,7,14-18H2,2H3/t22-,23+/m1/s1. The zero-order chi connectivity index (χ0) is 21.8. The minimum absolute atomic E-state index is 0.0261. The summed E-state index contributed by atoms with van der Waals surface area (Å²) in [4.78, 5) is 26.6. The van der Waals surface area contributed by atoms with Gasteiger partial charge in [0, 0.05) is 37.0 Å². The number of esters is 1. The molecular weight excluding hydrogens is 388 g/mol. The summed E-state index contributed by atoms with van der Waals surface area (Å²) in [5.41, 5.74) is 2.94. The van der Waals surface area contributed by atoms with Gasteiger partial charge in [-0.25, -0.2) is 4.79 Å². The largest absolute Gasteiger partial charge is 0.465 e. The Bertz CT molecular complexity index is 935. The van der Waals surface area contributed by atoms with Gasteiger partial charge >= 0.3 is 5.97 Å². The second-order valence-electron chi connectivity index (χ2n) is 8.66. The van der Waals surface area contributed by atoms with Crippen LogP contribution in [0.3, 0.4) is 0 Å². The molecule has 0 bridgehead atoms. The number of nitrogens with one attached hydrogen (secondary N) is 1. The van der Waals surface area contributed by atoms with E-state index in [1.807, 2.05) is 18.2 Å². The molecule has 2 aliphatic carbocycles. The summed E-state index contributed by atoms with van der Waals surface area (Å²) in [7, 11) is 1.39. The van der Waals surface area contributed by atoms with E-state index in [0.717, 1.165) is 31.4 Å². The molecule has 4 rings (SSSR count). The van der Waals surface area contributed by atoms with Gasteiger partial charge in [0.05, 0.1) is 12.7 Å². The van der Waals surface area contributed by atoms with Gasteiger partial charge in [-0.2, -0.15) is 0 Å². The van der Waals surface area contributed by atoms with Gasteiger partial charge in [0.1, 0.15) is 0 Å². The second kappa shape index (κ2) is 9.06. The molecule has 2 aromatic rings. The van der Waals surface area contributed by atoms with Crippen LogP contribution in [0.4, 0.5) is 0 Å². The first-order valence-corrected chi connectivity index (χ1v) is 10.9. The molecule has 2 saturated carbocycles. The lowest BCUT2D eigenvalue weighted by Crippen LogP contribution is -2.46. The maximum Gasteiger partial charge on any atom is 0.337 e. The molecule has 0 radical (unpaired) electrons. The van der Waals surface area contributed by atoms with Crippen molar-refractivity contribution in [2.24, 2.45) is 0 Å². The summed E-state index contributed by atoms with van der Waals surface area (Å²) >= 11 is 0. The van der Waals surface area contributed by atoms with Crippen molar-refractivity contribution in [1.82, 2.24) is 10.2 Å². The number of methoxy groups -OCH3 is 1. The maximum absolute atomic E-state index is 12.9. The number of nitrogens with zero attached hydrogens (tertiary/aromatic N) is 1. The van der Waals surface area contributed by atoms with Gasteiger partial charge in [-0.3, -0.25) is 4.79 Å². The van der Waals surface area contributed by atoms with E-state index >= 15 is 0 Å². The highest BCUT2D eigenvalue weighted by atomic mass is 16.5. The first-order valence-electron chi connectivity index (χ1n) is 10.9. The van der Waals surface area contributed by atoms with Gasteiger partial charge in [-0.15, -0.1) is 6.58 Å². The molecule has 0 aromatic heterocycles. The Morgan fingerprint density at radius 1 is 1.16 bits per heavy atom. The Morgan fingerprint density at radius 3 is 2.48 bits per heavy atom. The summed E-state index contributed by atoms with van der Waals surface area (Å²) in [5, 5.41) is 3.68. The number of rotatable bonds is 10. The lowest BCUT2D eigenvalue weighted by molar-refractivity contribution is -0.131. The summed E-state index contributed by atoms with van der Waals surface area (Å²) in [6.07, 6.45) is 5.23. The molecule has 31 heavy (non-hydrogen) atoms. The molecule has 1 amide bonds. The number of benzene rings is 2. The van der Waals surface area contributed by atoms with Gasteiger partial charge < -0.3 is 15.0 Å². The molecule has 1 N–H and O–H groups in total. The summed E-state index contributed by atoms with van der Waals surface area (Å²) in [5.74, 6) is 0.262. The summed E-state index contributed by atoms with van der Waals surface area (Å²) in [6.45, 7) is 5.19. The molecule has 2 fully saturated rings. The minimum atomic E-state index is -0.327. The van der Waals surface area contributed by atoms with E-state index in [1.165, 1.54) is 12.7 Å². The zero-order valence-corrected chi connectivity index (χ0v) is 18.0. The molecule has 2 aliphatic rings. The normalized spacial score (nSPS) is 20.5. The topological polar surface area (TPSA) is 58.6 Å². The van der Waals surface area contributed by atoms with E-state index < -0.39 is 0 Å². The van der Waals surface area contributed by atoms with Crippen molar-refractivity contribution in [3.63, 3.8) is 0 Å². The van der Waals surface area contributed by atoms with Crippen molar-refractivity contribution in [2.45, 2.75) is 49.7 Å². The lowest BCUT2D eigenvalue weighted by atomic mass is 10.1. The fraction of sp³-hybridized carbons (Fsp3) is 0.385. The number of hydrogen-bond donors (Lipinski definition) is 1. The number of amides is 1. The molecule has 0 aliphatic heterocycles. The van der Waals surface area contributed by atoms with E-state index in [4.69, 9.17) is 4.74 Å². The molecule has 0 saturated heterocycles. The van der Waals surface area contributed by atoms with Gasteiger partial charge in [0.15, 0.2) is 0 Å². The van der Waals surface area contributed by atoms with Crippen LogP contribution in [0.25, 0.3) is 0 Å². The third-order valence-electron chi connectivity index (χ3n) is 6.39. The van der Waals surface area contributed by atoms with Crippen molar-refractivity contribution >= 4 is 11.9 Å². The number of ether oxygens (including phenoxy) is 1. The van der Waals surface area contributed by atoms with E-state index in [1.54, 1.807) is 18.2 Å². The van der Waals surface area contributed by atoms with Gasteiger partial charge in [-0.1, -0.05) is 48.5 Å². The first-order chi connectivity index (χ1) is 15.0. The molecule has 0 heterocycles. The molecule has 162 valence electrons. The Morgan fingerprint density at radius 2 is 1.87 bits per heavy atom. The smallest absolute Gasteiger partial charge is 0.337 e. The van der Waals surface area contributed by atoms with Crippen molar-refractivity contribution in [3.8, 4) is 0 Å². The Balaban J connectivity index is 1.39. The quantitative estimate of drug-likeness (QED) is 0.467. The Hall–Kier alpha value is -2.92. The maximum atomic E-state index is 12.9. The highest BCUT2D eigenvalue weighted by Crippen LogP contribution is 2.47. The van der Waals surface area contributed by atoms with Gasteiger partial charge in [0.25, 0.3) is 0 Å². The molecule has 5 nitrogen and oxygen atoms in total. The highest BCUT2D eigenvalue weighted by Gasteiger charge is 2.50. The fourth-order valence-electron chi connectivity index (χ4n) is 4.25. The van der Waals surface area contributed by atoms with E-state index in [-0.39, 0.29) is 23.5 Å². The Kier molecular flexibility index (Phi) is 6.23. The third kappa shape index (κ3) is 5.05. The highest BCUT2D eigenvalue weighted by molar-refractivity contribution is 5.89. The van der Waals surface area contributed by atoms with Crippen molar-refractivity contribution in [1.29, 1.82) is 0 Å². The Labute approximate surface area is 184 Å². The second-order valence-corrected chi connectivity index (χ2v) is 8.66. The van der Waals surface area contributed by atoms with Crippen LogP contribution in [0.15, 0.2) is 67.3 Å². The third-order valence-corrected chi connectivity index (χ3v) is 6.39. The molecular formula is C26H30N2O3. The predicted octanol–water partition coefficient (Wildman–Crippen LogP) is 4.06. The van der Waals surface area contributed by atoms with Crippen molar-refractivity contribution in [2.75, 3.05) is 13.7 Å². The SMILES string of the molecule is C=CCC(=O)N(CC1(NCc2ccc(C(=O)OC)cc2)CC1)[C@H]1C[C@@H]1c1ccccc1. The van der Waals surface area contributed by atoms with E-state index in [0.29, 0.717) is 24.4 Å². The lowest BCUT2D eigenvalue weighted by Gasteiger charge is -2.29. The minimum Gasteiger partial charge on any atom is -0.465 e. The van der Waals surface area contributed by atoms with Crippen molar-refractivity contribution in [3.05, 3.63) is 83.9 Å². The van der Waals surface area contributed by atoms with Crippen LogP contribution in [0.1, 0.15) is 53.1 Å². The van der Waals surface area contributed by atoms with Crippen LogP contribution >= 0.6 is 0 Å². The number of hydrogen-bond acceptors (Lipinski definition) is 4. The van der Waals surface area contributed by atoms with Crippen LogP contribution in [0.5, 0.6) is 0 Å². The fourth-order valence-corrected chi connectivity index (χ4v) is 4.25. The van der Waals surface area contributed by atoms with Crippen molar-refractivity contribution < 1.29 is 14.3 Å². The van der Waals surface area contributed by atoms with Crippen LogP contribution in [-0.2, 0) is 16.1 Å². The van der Waals surface area contributed by atoms with Crippen LogP contribution in [0.2, 0.25) is 0 Å². The molecule has 5 heteroatoms. The van der Waals surface area contributed by atoms with Crippen LogP contribution < -0.4 is 5.32 Å². The molecule has 2 atom stereocenters. The molecule has 2 aromatic carbocycles. The van der Waals surface area contributed by atoms with E-state index in [2.05, 4.69) is 41.1 Å². The number of carbonyl (C=O) groups excluding carboxylic acids is 2.